The Morgan fingerprint density at radius 1 is 1.50 bits per heavy atom. The van der Waals surface area contributed by atoms with E-state index in [9.17, 15) is 9.18 Å². The molecule has 0 aliphatic carbocycles. The molecule has 0 saturated carbocycles. The molecule has 5 heteroatoms. The lowest BCUT2D eigenvalue weighted by molar-refractivity contribution is 0.112. The minimum Gasteiger partial charge on any atom is -0.298 e. The molecule has 0 atom stereocenters. The molecule has 90 valence electrons. The van der Waals surface area contributed by atoms with Crippen molar-refractivity contribution < 1.29 is 9.18 Å². The molecule has 0 spiro atoms. The summed E-state index contributed by atoms with van der Waals surface area (Å²) in [5.41, 5.74) is 0.481. The van der Waals surface area contributed by atoms with Crippen LogP contribution in [0.1, 0.15) is 15.9 Å². The van der Waals surface area contributed by atoms with E-state index in [0.29, 0.717) is 17.4 Å². The second kappa shape index (κ2) is 5.89. The third kappa shape index (κ3) is 3.12. The van der Waals surface area contributed by atoms with Gasteiger partial charge in [0, 0.05) is 16.8 Å². The summed E-state index contributed by atoms with van der Waals surface area (Å²) in [6.45, 7) is 7.00. The summed E-state index contributed by atoms with van der Waals surface area (Å²) in [7, 11) is 0. The third-order valence-corrected chi connectivity index (χ3v) is 2.38. The number of allylic oxidation sites excluding steroid dienone is 2. The normalized spacial score (nSPS) is 10.1. The van der Waals surface area contributed by atoms with Gasteiger partial charge in [-0.3, -0.25) is 4.79 Å². The Bertz CT molecular complexity index is 600. The highest BCUT2D eigenvalue weighted by atomic mass is 35.5. The van der Waals surface area contributed by atoms with Crippen molar-refractivity contribution in [2.45, 2.75) is 0 Å². The van der Waals surface area contributed by atoms with Crippen molar-refractivity contribution in [1.82, 2.24) is 0 Å². The highest BCUT2D eigenvalue weighted by Gasteiger charge is 2.09. The average Bonchev–Trinajstić information content (AvgIpc) is 2.37. The first-order chi connectivity index (χ1) is 8.49. The number of aliphatic imine (C=N–C) groups is 1. The van der Waals surface area contributed by atoms with Gasteiger partial charge in [-0.15, -0.1) is 0 Å². The molecule has 1 aromatic carbocycles. The van der Waals surface area contributed by atoms with Crippen molar-refractivity contribution in [3.05, 3.63) is 53.0 Å². The van der Waals surface area contributed by atoms with Crippen molar-refractivity contribution in [1.29, 1.82) is 5.26 Å². The van der Waals surface area contributed by atoms with Gasteiger partial charge in [-0.2, -0.15) is 5.26 Å². The lowest BCUT2D eigenvalue weighted by Crippen LogP contribution is -1.93. The third-order valence-electron chi connectivity index (χ3n) is 2.06. The lowest BCUT2D eigenvalue weighted by Gasteiger charge is -2.05. The molecule has 0 heterocycles. The molecule has 0 saturated heterocycles. The van der Waals surface area contributed by atoms with Crippen molar-refractivity contribution in [2.75, 3.05) is 0 Å². The Morgan fingerprint density at radius 2 is 2.17 bits per heavy atom. The van der Waals surface area contributed by atoms with Crippen LogP contribution in [-0.4, -0.2) is 12.5 Å². The summed E-state index contributed by atoms with van der Waals surface area (Å²) >= 11 is 5.89. The summed E-state index contributed by atoms with van der Waals surface area (Å²) in [5, 5.41) is 8.65. The number of nitriles is 1. The van der Waals surface area contributed by atoms with E-state index in [1.54, 1.807) is 6.07 Å². The van der Waals surface area contributed by atoms with Crippen LogP contribution in [0.25, 0.3) is 5.57 Å². The van der Waals surface area contributed by atoms with Crippen molar-refractivity contribution in [3.63, 3.8) is 0 Å². The molecule has 0 aromatic heterocycles. The summed E-state index contributed by atoms with van der Waals surface area (Å²) in [6.07, 6.45) is 1.63. The fraction of sp³-hybridized carbons (Fsp3) is 0. The summed E-state index contributed by atoms with van der Waals surface area (Å²) in [5.74, 6) is -0.696. The van der Waals surface area contributed by atoms with Gasteiger partial charge in [0.25, 0.3) is 0 Å². The Labute approximate surface area is 109 Å². The second-order valence-corrected chi connectivity index (χ2v) is 3.72. The van der Waals surface area contributed by atoms with E-state index in [0.717, 1.165) is 6.07 Å². The molecule has 0 fully saturated rings. The summed E-state index contributed by atoms with van der Waals surface area (Å²) < 4.78 is 13.4. The lowest BCUT2D eigenvalue weighted by atomic mass is 10.1. The fourth-order valence-electron chi connectivity index (χ4n) is 1.15. The van der Waals surface area contributed by atoms with Crippen molar-refractivity contribution in [3.8, 4) is 6.07 Å². The molecule has 18 heavy (non-hydrogen) atoms. The van der Waals surface area contributed by atoms with Gasteiger partial charge in [0.2, 0.25) is 0 Å². The van der Waals surface area contributed by atoms with E-state index in [-0.39, 0.29) is 16.3 Å². The van der Waals surface area contributed by atoms with Crippen LogP contribution in [0.3, 0.4) is 0 Å². The summed E-state index contributed by atoms with van der Waals surface area (Å²) in [6, 6.07) is 4.03. The van der Waals surface area contributed by atoms with Crippen LogP contribution < -0.4 is 0 Å². The topological polar surface area (TPSA) is 53.2 Å². The largest absolute Gasteiger partial charge is 0.298 e. The first kappa shape index (κ1) is 13.8. The molecule has 0 N–H and O–H groups in total. The van der Waals surface area contributed by atoms with E-state index >= 15 is 0 Å². The molecule has 0 radical (unpaired) electrons. The minimum atomic E-state index is -0.696. The standard InChI is InChI=1S/C13H8ClFN2O/c1-8(6-17-9(2)5-16)11-4-13(15)10(7-18)3-12(11)14/h3-4,6-7H,1-2H2. The SMILES string of the molecule is C=C(C#N)N=CC(=C)c1cc(F)c(C=O)cc1Cl. The van der Waals surface area contributed by atoms with E-state index in [1.807, 2.05) is 0 Å². The summed E-state index contributed by atoms with van der Waals surface area (Å²) in [4.78, 5) is 14.2. The van der Waals surface area contributed by atoms with Gasteiger partial charge >= 0.3 is 0 Å². The fourth-order valence-corrected chi connectivity index (χ4v) is 1.45. The zero-order valence-electron chi connectivity index (χ0n) is 9.28. The number of rotatable bonds is 4. The van der Waals surface area contributed by atoms with Crippen LogP contribution in [0.2, 0.25) is 5.02 Å². The molecular weight excluding hydrogens is 255 g/mol. The predicted octanol–water partition coefficient (Wildman–Crippen LogP) is 3.41. The molecule has 0 bridgehead atoms. The maximum Gasteiger partial charge on any atom is 0.153 e. The number of benzene rings is 1. The Morgan fingerprint density at radius 3 is 2.72 bits per heavy atom. The van der Waals surface area contributed by atoms with E-state index < -0.39 is 5.82 Å². The van der Waals surface area contributed by atoms with Gasteiger partial charge in [-0.1, -0.05) is 24.8 Å². The van der Waals surface area contributed by atoms with Crippen molar-refractivity contribution >= 4 is 29.7 Å². The van der Waals surface area contributed by atoms with Crippen LogP contribution in [0.15, 0.2) is 36.0 Å². The zero-order chi connectivity index (χ0) is 13.7. The number of aldehydes is 1. The molecule has 0 unspecified atom stereocenters. The predicted molar refractivity (Wildman–Crippen MR) is 69.1 cm³/mol. The first-order valence-electron chi connectivity index (χ1n) is 4.76. The number of halogens is 2. The van der Waals surface area contributed by atoms with Gasteiger partial charge in [0.1, 0.15) is 17.6 Å². The molecule has 1 rings (SSSR count). The smallest absolute Gasteiger partial charge is 0.153 e. The molecule has 1 aromatic rings. The van der Waals surface area contributed by atoms with Gasteiger partial charge in [-0.25, -0.2) is 9.38 Å². The van der Waals surface area contributed by atoms with Crippen LogP contribution in [0.5, 0.6) is 0 Å². The highest BCUT2D eigenvalue weighted by molar-refractivity contribution is 6.34. The monoisotopic (exact) mass is 262 g/mol. The van der Waals surface area contributed by atoms with Crippen LogP contribution in [0, 0.1) is 17.1 Å². The van der Waals surface area contributed by atoms with Gasteiger partial charge in [0.05, 0.1) is 5.56 Å². The number of carbonyl (C=O) groups excluding carboxylic acids is 1. The zero-order valence-corrected chi connectivity index (χ0v) is 10.0. The molecule has 0 aliphatic heterocycles. The maximum absolute atomic E-state index is 13.4. The first-order valence-corrected chi connectivity index (χ1v) is 5.14. The number of carbonyl (C=O) groups is 1. The second-order valence-electron chi connectivity index (χ2n) is 3.31. The van der Waals surface area contributed by atoms with E-state index in [1.165, 1.54) is 12.3 Å². The number of nitrogens with zero attached hydrogens (tertiary/aromatic N) is 2. The van der Waals surface area contributed by atoms with Gasteiger partial charge in [0.15, 0.2) is 6.29 Å². The average molecular weight is 263 g/mol. The quantitative estimate of drug-likeness (QED) is 0.474. The van der Waals surface area contributed by atoms with E-state index in [2.05, 4.69) is 18.2 Å². The van der Waals surface area contributed by atoms with E-state index in [4.69, 9.17) is 16.9 Å². The Hall–Kier alpha value is -2.25. The number of hydrogen-bond acceptors (Lipinski definition) is 3. The van der Waals surface area contributed by atoms with Gasteiger partial charge < -0.3 is 0 Å². The molecule has 0 aliphatic rings. The van der Waals surface area contributed by atoms with Crippen LogP contribution in [-0.2, 0) is 0 Å². The highest BCUT2D eigenvalue weighted by Crippen LogP contribution is 2.25. The Balaban J connectivity index is 3.12. The molecule has 0 amide bonds. The molecule has 3 nitrogen and oxygen atoms in total. The minimum absolute atomic E-state index is 0.00254. The number of hydrogen-bond donors (Lipinski definition) is 0. The van der Waals surface area contributed by atoms with Crippen LogP contribution in [0.4, 0.5) is 4.39 Å². The Kier molecular flexibility index (Phi) is 4.52. The molecular formula is C13H8ClFN2O. The van der Waals surface area contributed by atoms with Gasteiger partial charge in [-0.05, 0) is 17.7 Å². The van der Waals surface area contributed by atoms with Crippen LogP contribution >= 0.6 is 11.6 Å². The van der Waals surface area contributed by atoms with Crippen molar-refractivity contribution in [2.24, 2.45) is 4.99 Å². The maximum atomic E-state index is 13.4.